The van der Waals surface area contributed by atoms with Gasteiger partial charge in [0, 0.05) is 31.5 Å². The molecular formula is C18H29ClN4O. The molecule has 1 amide bonds. The van der Waals surface area contributed by atoms with E-state index in [1.807, 2.05) is 12.3 Å². The molecule has 2 unspecified atom stereocenters. The number of pyridine rings is 1. The van der Waals surface area contributed by atoms with Crippen LogP contribution in [0, 0.1) is 12.8 Å². The second-order valence-electron chi connectivity index (χ2n) is 6.89. The summed E-state index contributed by atoms with van der Waals surface area (Å²) in [5.41, 5.74) is 2.43. The van der Waals surface area contributed by atoms with Crippen LogP contribution < -0.4 is 10.6 Å². The molecule has 1 aromatic heterocycles. The molecule has 2 atom stereocenters. The number of hydrogen-bond donors (Lipinski definition) is 2. The van der Waals surface area contributed by atoms with E-state index in [4.69, 9.17) is 0 Å². The number of halogens is 1. The molecule has 1 aromatic rings. The summed E-state index contributed by atoms with van der Waals surface area (Å²) in [6.07, 6.45) is 6.36. The molecule has 2 saturated heterocycles. The molecule has 2 fully saturated rings. The zero-order valence-electron chi connectivity index (χ0n) is 14.5. The molecule has 0 bridgehead atoms. The van der Waals surface area contributed by atoms with Crippen LogP contribution in [-0.4, -0.2) is 48.0 Å². The second kappa shape index (κ2) is 9.35. The van der Waals surface area contributed by atoms with Crippen LogP contribution in [-0.2, 0) is 11.3 Å². The Morgan fingerprint density at radius 3 is 3.04 bits per heavy atom. The summed E-state index contributed by atoms with van der Waals surface area (Å²) in [5.74, 6) is 0.744. The zero-order valence-corrected chi connectivity index (χ0v) is 15.3. The standard InChI is InChI=1S/C18H28N4O.ClH/c1-14-16(6-2-8-19-14)13-22-10-4-5-15(12-22)11-21-18(23)17-7-3-9-20-17;/h2,6,8,15,17,20H,3-5,7,9-13H2,1H3,(H,21,23);1H. The normalized spacial score (nSPS) is 24.4. The Morgan fingerprint density at radius 2 is 2.29 bits per heavy atom. The van der Waals surface area contributed by atoms with E-state index in [0.717, 1.165) is 51.3 Å². The number of rotatable bonds is 5. The first-order valence-electron chi connectivity index (χ1n) is 8.86. The second-order valence-corrected chi connectivity index (χ2v) is 6.89. The predicted octanol–water partition coefficient (Wildman–Crippen LogP) is 1.89. The average molecular weight is 353 g/mol. The van der Waals surface area contributed by atoms with E-state index in [1.54, 1.807) is 0 Å². The van der Waals surface area contributed by atoms with E-state index in [2.05, 4.69) is 33.5 Å². The van der Waals surface area contributed by atoms with Crippen molar-refractivity contribution in [2.45, 2.75) is 45.2 Å². The highest BCUT2D eigenvalue weighted by atomic mass is 35.5. The molecule has 2 aliphatic rings. The average Bonchev–Trinajstić information content (AvgIpc) is 3.10. The third-order valence-electron chi connectivity index (χ3n) is 5.06. The van der Waals surface area contributed by atoms with Gasteiger partial charge < -0.3 is 10.6 Å². The van der Waals surface area contributed by atoms with Gasteiger partial charge in [0.2, 0.25) is 5.91 Å². The molecule has 2 N–H and O–H groups in total. The van der Waals surface area contributed by atoms with Crippen molar-refractivity contribution in [1.82, 2.24) is 20.5 Å². The Bertz CT molecular complexity index is 534. The molecule has 2 aliphatic heterocycles. The maximum absolute atomic E-state index is 12.1. The fourth-order valence-corrected chi connectivity index (χ4v) is 3.66. The van der Waals surface area contributed by atoms with Crippen LogP contribution in [0.25, 0.3) is 0 Å². The third-order valence-corrected chi connectivity index (χ3v) is 5.06. The minimum Gasteiger partial charge on any atom is -0.354 e. The van der Waals surface area contributed by atoms with Gasteiger partial charge in [-0.25, -0.2) is 0 Å². The monoisotopic (exact) mass is 352 g/mol. The van der Waals surface area contributed by atoms with Gasteiger partial charge in [0.05, 0.1) is 6.04 Å². The molecule has 24 heavy (non-hydrogen) atoms. The lowest BCUT2D eigenvalue weighted by molar-refractivity contribution is -0.123. The predicted molar refractivity (Wildman–Crippen MR) is 98.3 cm³/mol. The molecule has 0 radical (unpaired) electrons. The summed E-state index contributed by atoms with van der Waals surface area (Å²) in [4.78, 5) is 19.0. The van der Waals surface area contributed by atoms with Crippen LogP contribution >= 0.6 is 12.4 Å². The van der Waals surface area contributed by atoms with Crippen LogP contribution in [0.5, 0.6) is 0 Å². The van der Waals surface area contributed by atoms with Gasteiger partial charge in [-0.1, -0.05) is 6.07 Å². The highest BCUT2D eigenvalue weighted by Crippen LogP contribution is 2.19. The quantitative estimate of drug-likeness (QED) is 0.849. The lowest BCUT2D eigenvalue weighted by atomic mass is 9.97. The first-order valence-corrected chi connectivity index (χ1v) is 8.86. The number of hydrogen-bond acceptors (Lipinski definition) is 4. The Labute approximate surface area is 151 Å². The lowest BCUT2D eigenvalue weighted by Gasteiger charge is -2.33. The lowest BCUT2D eigenvalue weighted by Crippen LogP contribution is -2.45. The highest BCUT2D eigenvalue weighted by molar-refractivity contribution is 5.85. The van der Waals surface area contributed by atoms with E-state index < -0.39 is 0 Å². The maximum atomic E-state index is 12.1. The van der Waals surface area contributed by atoms with Gasteiger partial charge in [-0.3, -0.25) is 14.7 Å². The first-order chi connectivity index (χ1) is 11.2. The summed E-state index contributed by atoms with van der Waals surface area (Å²) in [6, 6.07) is 4.21. The number of aryl methyl sites for hydroxylation is 1. The van der Waals surface area contributed by atoms with E-state index >= 15 is 0 Å². The molecule has 0 saturated carbocycles. The van der Waals surface area contributed by atoms with Crippen LogP contribution in [0.1, 0.15) is 36.9 Å². The molecule has 5 nitrogen and oxygen atoms in total. The Balaban J connectivity index is 0.00000208. The zero-order chi connectivity index (χ0) is 16.1. The Morgan fingerprint density at radius 1 is 1.42 bits per heavy atom. The Kier molecular flexibility index (Phi) is 7.46. The summed E-state index contributed by atoms with van der Waals surface area (Å²) in [7, 11) is 0. The van der Waals surface area contributed by atoms with Crippen molar-refractivity contribution in [2.75, 3.05) is 26.2 Å². The molecule has 3 heterocycles. The fraction of sp³-hybridized carbons (Fsp3) is 0.667. The first kappa shape index (κ1) is 19.2. The van der Waals surface area contributed by atoms with Crippen molar-refractivity contribution in [2.24, 2.45) is 5.92 Å². The van der Waals surface area contributed by atoms with E-state index in [0.29, 0.717) is 5.92 Å². The molecule has 134 valence electrons. The van der Waals surface area contributed by atoms with E-state index in [9.17, 15) is 4.79 Å². The van der Waals surface area contributed by atoms with Crippen molar-refractivity contribution in [1.29, 1.82) is 0 Å². The van der Waals surface area contributed by atoms with Crippen molar-refractivity contribution < 1.29 is 4.79 Å². The minimum atomic E-state index is 0. The van der Waals surface area contributed by atoms with Gasteiger partial charge in [-0.15, -0.1) is 12.4 Å². The largest absolute Gasteiger partial charge is 0.354 e. The highest BCUT2D eigenvalue weighted by Gasteiger charge is 2.24. The Hall–Kier alpha value is -1.17. The number of carbonyl (C=O) groups is 1. The van der Waals surface area contributed by atoms with Crippen LogP contribution in [0.4, 0.5) is 0 Å². The van der Waals surface area contributed by atoms with Crippen molar-refractivity contribution in [3.63, 3.8) is 0 Å². The molecule has 0 aliphatic carbocycles. The molecule has 0 spiro atoms. The molecule has 0 aromatic carbocycles. The van der Waals surface area contributed by atoms with Gasteiger partial charge in [-0.2, -0.15) is 0 Å². The molecular weight excluding hydrogens is 324 g/mol. The van der Waals surface area contributed by atoms with Gasteiger partial charge in [0.1, 0.15) is 0 Å². The fourth-order valence-electron chi connectivity index (χ4n) is 3.66. The number of aromatic nitrogens is 1. The SMILES string of the molecule is Cc1ncccc1CN1CCCC(CNC(=O)C2CCCN2)C1.Cl. The third kappa shape index (κ3) is 5.16. The number of piperidine rings is 1. The number of likely N-dealkylation sites (tertiary alicyclic amines) is 1. The van der Waals surface area contributed by atoms with Gasteiger partial charge in [-0.05, 0) is 63.2 Å². The van der Waals surface area contributed by atoms with Crippen molar-refractivity contribution in [3.05, 3.63) is 29.6 Å². The van der Waals surface area contributed by atoms with Crippen molar-refractivity contribution >= 4 is 18.3 Å². The summed E-state index contributed by atoms with van der Waals surface area (Å²) in [6.45, 7) is 7.02. The van der Waals surface area contributed by atoms with Gasteiger partial charge in [0.15, 0.2) is 0 Å². The van der Waals surface area contributed by atoms with Crippen LogP contribution in [0.15, 0.2) is 18.3 Å². The van der Waals surface area contributed by atoms with Gasteiger partial charge >= 0.3 is 0 Å². The number of amides is 1. The summed E-state index contributed by atoms with van der Waals surface area (Å²) < 4.78 is 0. The topological polar surface area (TPSA) is 57.3 Å². The van der Waals surface area contributed by atoms with Crippen LogP contribution in [0.3, 0.4) is 0 Å². The number of nitrogens with one attached hydrogen (secondary N) is 2. The van der Waals surface area contributed by atoms with Crippen molar-refractivity contribution in [3.8, 4) is 0 Å². The number of nitrogens with zero attached hydrogens (tertiary/aromatic N) is 2. The smallest absolute Gasteiger partial charge is 0.237 e. The summed E-state index contributed by atoms with van der Waals surface area (Å²) >= 11 is 0. The van der Waals surface area contributed by atoms with Crippen LogP contribution in [0.2, 0.25) is 0 Å². The summed E-state index contributed by atoms with van der Waals surface area (Å²) in [5, 5.41) is 6.41. The molecule has 6 heteroatoms. The molecule has 3 rings (SSSR count). The van der Waals surface area contributed by atoms with E-state index in [1.165, 1.54) is 18.4 Å². The maximum Gasteiger partial charge on any atom is 0.237 e. The van der Waals surface area contributed by atoms with Gasteiger partial charge in [0.25, 0.3) is 0 Å². The van der Waals surface area contributed by atoms with E-state index in [-0.39, 0.29) is 24.4 Å². The number of carbonyl (C=O) groups excluding carboxylic acids is 1. The minimum absolute atomic E-state index is 0.